The van der Waals surface area contributed by atoms with Gasteiger partial charge >= 0.3 is 0 Å². The molecule has 2 aliphatic rings. The summed E-state index contributed by atoms with van der Waals surface area (Å²) in [5.74, 6) is 0.451. The van der Waals surface area contributed by atoms with Gasteiger partial charge in [-0.2, -0.15) is 0 Å². The van der Waals surface area contributed by atoms with Crippen molar-refractivity contribution in [1.29, 1.82) is 0 Å². The van der Waals surface area contributed by atoms with Gasteiger partial charge in [-0.1, -0.05) is 153 Å². The molecule has 0 spiro atoms. The summed E-state index contributed by atoms with van der Waals surface area (Å²) in [6, 6.07) is 65.8. The molecule has 0 amide bonds. The van der Waals surface area contributed by atoms with Gasteiger partial charge in [0, 0.05) is 44.3 Å². The molecular weight excluding hydrogens is 713 g/mol. The van der Waals surface area contributed by atoms with Crippen molar-refractivity contribution in [2.45, 2.75) is 31.6 Å². The summed E-state index contributed by atoms with van der Waals surface area (Å²) < 4.78 is 4.89. The zero-order valence-corrected chi connectivity index (χ0v) is 33.2. The normalized spacial score (nSPS) is 15.4. The maximum atomic E-state index is 2.46. The minimum atomic E-state index is -0.0603. The molecule has 2 nitrogen and oxygen atoms in total. The largest absolute Gasteiger partial charge is 0.309 e. The lowest BCUT2D eigenvalue weighted by molar-refractivity contribution is 0.660. The molecule has 0 saturated carbocycles. The van der Waals surface area contributed by atoms with Gasteiger partial charge in [-0.15, -0.1) is 0 Å². The van der Waals surface area contributed by atoms with Crippen LogP contribution in [0.15, 0.2) is 200 Å². The first kappa shape index (κ1) is 33.9. The summed E-state index contributed by atoms with van der Waals surface area (Å²) in [7, 11) is 0. The Kier molecular flexibility index (Phi) is 7.43. The summed E-state index contributed by atoms with van der Waals surface area (Å²) in [6.07, 6.45) is 9.92. The lowest BCUT2D eigenvalue weighted by Gasteiger charge is -2.22. The Labute approximate surface area is 344 Å². The fourth-order valence-corrected chi connectivity index (χ4v) is 10.3. The molecule has 0 bridgehead atoms. The van der Waals surface area contributed by atoms with E-state index in [1.165, 1.54) is 105 Å². The highest BCUT2D eigenvalue weighted by Gasteiger charge is 2.35. The van der Waals surface area contributed by atoms with Gasteiger partial charge in [0.1, 0.15) is 0 Å². The highest BCUT2D eigenvalue weighted by atomic mass is 15.0. The lowest BCUT2D eigenvalue weighted by atomic mass is 9.82. The number of aromatic nitrogens is 2. The number of fused-ring (bicyclic) bond motifs is 9. The second-order valence-electron chi connectivity index (χ2n) is 16.9. The van der Waals surface area contributed by atoms with Crippen molar-refractivity contribution in [2.75, 3.05) is 0 Å². The lowest BCUT2D eigenvalue weighted by Crippen LogP contribution is -2.15. The third-order valence-electron chi connectivity index (χ3n) is 13.3. The Morgan fingerprint density at radius 1 is 0.424 bits per heavy atom. The maximum Gasteiger partial charge on any atom is 0.0541 e. The van der Waals surface area contributed by atoms with Crippen LogP contribution in [-0.4, -0.2) is 9.13 Å². The Morgan fingerprint density at radius 2 is 1.00 bits per heavy atom. The number of hydrogen-bond donors (Lipinski definition) is 0. The van der Waals surface area contributed by atoms with Gasteiger partial charge in [-0.05, 0) is 117 Å². The molecule has 1 unspecified atom stereocenters. The highest BCUT2D eigenvalue weighted by molar-refractivity contribution is 6.12. The van der Waals surface area contributed by atoms with Crippen molar-refractivity contribution in [3.05, 3.63) is 217 Å². The van der Waals surface area contributed by atoms with Gasteiger partial charge in [0.2, 0.25) is 0 Å². The first-order chi connectivity index (χ1) is 29.0. The minimum absolute atomic E-state index is 0.0603. The van der Waals surface area contributed by atoms with E-state index in [9.17, 15) is 0 Å². The van der Waals surface area contributed by atoms with E-state index in [-0.39, 0.29) is 5.41 Å². The van der Waals surface area contributed by atoms with Crippen molar-refractivity contribution in [1.82, 2.24) is 9.13 Å². The van der Waals surface area contributed by atoms with E-state index < -0.39 is 0 Å². The average Bonchev–Trinajstić information content (AvgIpc) is 3.89. The van der Waals surface area contributed by atoms with Gasteiger partial charge in [-0.3, -0.25) is 0 Å². The number of rotatable bonds is 5. The zero-order valence-electron chi connectivity index (χ0n) is 33.2. The summed E-state index contributed by atoms with van der Waals surface area (Å²) in [4.78, 5) is 0. The van der Waals surface area contributed by atoms with Crippen molar-refractivity contribution in [3.63, 3.8) is 0 Å². The summed E-state index contributed by atoms with van der Waals surface area (Å²) >= 11 is 0. The molecule has 1 atom stereocenters. The molecule has 0 radical (unpaired) electrons. The smallest absolute Gasteiger partial charge is 0.0541 e. The summed E-state index contributed by atoms with van der Waals surface area (Å²) in [5.41, 5.74) is 18.9. The van der Waals surface area contributed by atoms with Crippen LogP contribution >= 0.6 is 0 Å². The number of hydrogen-bond acceptors (Lipinski definition) is 0. The van der Waals surface area contributed by atoms with Crippen LogP contribution in [0.1, 0.15) is 42.9 Å². The number of para-hydroxylation sites is 2. The van der Waals surface area contributed by atoms with E-state index >= 15 is 0 Å². The number of allylic oxidation sites excluding steroid dienone is 4. The van der Waals surface area contributed by atoms with Gasteiger partial charge < -0.3 is 9.13 Å². The molecule has 280 valence electrons. The Balaban J connectivity index is 0.948. The van der Waals surface area contributed by atoms with Crippen molar-refractivity contribution in [2.24, 2.45) is 0 Å². The molecule has 2 aromatic heterocycles. The van der Waals surface area contributed by atoms with E-state index in [2.05, 4.69) is 223 Å². The molecule has 2 heteroatoms. The van der Waals surface area contributed by atoms with E-state index in [1.54, 1.807) is 0 Å². The molecule has 0 saturated heterocycles. The van der Waals surface area contributed by atoms with Gasteiger partial charge in [-0.25, -0.2) is 0 Å². The molecule has 0 aliphatic heterocycles. The molecule has 2 aliphatic carbocycles. The first-order valence-electron chi connectivity index (χ1n) is 20.9. The molecule has 8 aromatic carbocycles. The van der Waals surface area contributed by atoms with E-state index in [0.717, 1.165) is 6.42 Å². The second-order valence-corrected chi connectivity index (χ2v) is 16.9. The molecular formula is C57H42N2. The van der Waals surface area contributed by atoms with E-state index in [1.807, 2.05) is 0 Å². The fraction of sp³-hybridized carbons (Fsp3) is 0.0877. The van der Waals surface area contributed by atoms with Crippen LogP contribution in [-0.2, 0) is 5.41 Å². The van der Waals surface area contributed by atoms with Crippen molar-refractivity contribution < 1.29 is 0 Å². The van der Waals surface area contributed by atoms with Gasteiger partial charge in [0.25, 0.3) is 0 Å². The third-order valence-corrected chi connectivity index (χ3v) is 13.3. The molecule has 0 fully saturated rings. The predicted molar refractivity (Wildman–Crippen MR) is 249 cm³/mol. The van der Waals surface area contributed by atoms with Crippen LogP contribution < -0.4 is 0 Å². The monoisotopic (exact) mass is 754 g/mol. The molecule has 12 rings (SSSR count). The quantitative estimate of drug-likeness (QED) is 0.166. The summed E-state index contributed by atoms with van der Waals surface area (Å²) in [6.45, 7) is 4.72. The van der Waals surface area contributed by atoms with Gasteiger partial charge in [0.15, 0.2) is 0 Å². The average molecular weight is 755 g/mol. The predicted octanol–water partition coefficient (Wildman–Crippen LogP) is 15.1. The SMILES string of the molecule is CC1(C)c2ccccc2-c2ccc(-n3c4ccccc4c4cc(-c5ccc6c(c5)c5ccccc5n6-c5cccc(-c6ccc(C7C=CC=CC7)cc6)c5)ccc43)cc21. The minimum Gasteiger partial charge on any atom is -0.309 e. The van der Waals surface area contributed by atoms with E-state index in [0.29, 0.717) is 5.92 Å². The zero-order chi connectivity index (χ0) is 39.2. The first-order valence-corrected chi connectivity index (χ1v) is 20.9. The van der Waals surface area contributed by atoms with Crippen LogP contribution in [0.25, 0.3) is 88.4 Å². The molecule has 59 heavy (non-hydrogen) atoms. The van der Waals surface area contributed by atoms with Crippen LogP contribution in [0.4, 0.5) is 0 Å². The topological polar surface area (TPSA) is 9.86 Å². The van der Waals surface area contributed by atoms with Crippen LogP contribution in [0.2, 0.25) is 0 Å². The standard InChI is InChI=1S/C57H42N2/c1-57(2)51-20-9-6-17-45(51)46-30-29-44(36-52(46)57)59-54-22-11-8-19-48(54)50-35-42(28-32-56(50)59)41-27-31-55-49(34-41)47-18-7-10-21-53(47)58(55)43-16-12-15-40(33-43)39-25-23-38(24-26-39)37-13-4-3-5-14-37/h3-13,15-37H,14H2,1-2H3. The fourth-order valence-electron chi connectivity index (χ4n) is 10.3. The maximum absolute atomic E-state index is 2.46. The molecule has 10 aromatic rings. The van der Waals surface area contributed by atoms with Gasteiger partial charge in [0.05, 0.1) is 22.1 Å². The highest BCUT2D eigenvalue weighted by Crippen LogP contribution is 2.49. The second kappa shape index (κ2) is 12.9. The van der Waals surface area contributed by atoms with Crippen molar-refractivity contribution >= 4 is 43.6 Å². The third kappa shape index (κ3) is 5.19. The Morgan fingerprint density at radius 3 is 1.68 bits per heavy atom. The summed E-state index contributed by atoms with van der Waals surface area (Å²) in [5, 5.41) is 5.04. The van der Waals surface area contributed by atoms with Crippen LogP contribution in [0, 0.1) is 0 Å². The number of benzene rings is 8. The Hall–Kier alpha value is -7.16. The number of nitrogens with zero attached hydrogens (tertiary/aromatic N) is 2. The van der Waals surface area contributed by atoms with Crippen molar-refractivity contribution in [3.8, 4) is 44.8 Å². The molecule has 2 heterocycles. The van der Waals surface area contributed by atoms with E-state index in [4.69, 9.17) is 0 Å². The van der Waals surface area contributed by atoms with Crippen LogP contribution in [0.3, 0.4) is 0 Å². The Bertz CT molecular complexity index is 3380. The molecule has 0 N–H and O–H groups in total. The van der Waals surface area contributed by atoms with Crippen LogP contribution in [0.5, 0.6) is 0 Å².